The molecule has 82 valence electrons. The molecule has 0 bridgehead atoms. The third kappa shape index (κ3) is 3.78. The Kier molecular flexibility index (Phi) is 4.62. The lowest BCUT2D eigenvalue weighted by molar-refractivity contribution is -0.186. The second-order valence-corrected chi connectivity index (χ2v) is 2.64. The molecule has 14 heavy (non-hydrogen) atoms. The average Bonchev–Trinajstić information content (AvgIpc) is 2.11. The first kappa shape index (κ1) is 13.0. The summed E-state index contributed by atoms with van der Waals surface area (Å²) in [5.41, 5.74) is 0. The maximum atomic E-state index is 11.9. The predicted octanol–water partition coefficient (Wildman–Crippen LogP) is 0.944. The van der Waals surface area contributed by atoms with Gasteiger partial charge < -0.3 is 10.0 Å². The zero-order valence-corrected chi connectivity index (χ0v) is 7.71. The monoisotopic (exact) mass is 211 g/mol. The summed E-state index contributed by atoms with van der Waals surface area (Å²) < 4.78 is 35.8. The minimum Gasteiger partial charge on any atom is -0.387 e. The van der Waals surface area contributed by atoms with Gasteiger partial charge in [0, 0.05) is 6.54 Å². The van der Waals surface area contributed by atoms with Crippen molar-refractivity contribution in [3.63, 3.8) is 0 Å². The molecule has 0 aliphatic heterocycles. The largest absolute Gasteiger partial charge is 0.471 e. The summed E-state index contributed by atoms with van der Waals surface area (Å²) in [6.07, 6.45) is -4.95. The first-order valence-corrected chi connectivity index (χ1v) is 3.99. The van der Waals surface area contributed by atoms with E-state index in [2.05, 4.69) is 6.58 Å². The van der Waals surface area contributed by atoms with Crippen molar-refractivity contribution in [3.05, 3.63) is 12.7 Å². The molecule has 0 aromatic carbocycles. The van der Waals surface area contributed by atoms with E-state index in [4.69, 9.17) is 5.11 Å². The fourth-order valence-corrected chi connectivity index (χ4v) is 0.835. The summed E-state index contributed by atoms with van der Waals surface area (Å²) in [6.45, 7) is 4.10. The molecule has 3 nitrogen and oxygen atoms in total. The summed E-state index contributed by atoms with van der Waals surface area (Å²) in [5, 5.41) is 8.99. The van der Waals surface area contributed by atoms with Gasteiger partial charge >= 0.3 is 12.1 Å². The van der Waals surface area contributed by atoms with Gasteiger partial charge in [0.05, 0.1) is 12.6 Å². The zero-order chi connectivity index (χ0) is 11.4. The van der Waals surface area contributed by atoms with Crippen molar-refractivity contribution < 1.29 is 23.1 Å². The van der Waals surface area contributed by atoms with Crippen LogP contribution in [-0.4, -0.2) is 41.3 Å². The van der Waals surface area contributed by atoms with Crippen LogP contribution in [0, 0.1) is 0 Å². The number of hydrogen-bond donors (Lipinski definition) is 1. The lowest BCUT2D eigenvalue weighted by atomic mass is 10.3. The standard InChI is InChI=1S/C8H12F3NO2/c1-3-6(13)5-12(4-2)7(14)8(9,10)11/h3,6,13H,1,4-5H2,2H3/t6-/m1/s1. The first-order chi connectivity index (χ1) is 6.32. The third-order valence-electron chi connectivity index (χ3n) is 1.59. The molecule has 1 atom stereocenters. The molecule has 0 aromatic rings. The van der Waals surface area contributed by atoms with E-state index in [0.717, 1.165) is 6.08 Å². The first-order valence-electron chi connectivity index (χ1n) is 3.99. The second kappa shape index (κ2) is 4.99. The van der Waals surface area contributed by atoms with Crippen molar-refractivity contribution in [2.24, 2.45) is 0 Å². The van der Waals surface area contributed by atoms with E-state index in [1.165, 1.54) is 6.92 Å². The summed E-state index contributed by atoms with van der Waals surface area (Å²) >= 11 is 0. The van der Waals surface area contributed by atoms with Gasteiger partial charge in [-0.15, -0.1) is 6.58 Å². The van der Waals surface area contributed by atoms with Gasteiger partial charge in [0.2, 0.25) is 0 Å². The number of rotatable bonds is 4. The Balaban J connectivity index is 4.42. The van der Waals surface area contributed by atoms with Crippen molar-refractivity contribution in [2.75, 3.05) is 13.1 Å². The van der Waals surface area contributed by atoms with E-state index in [-0.39, 0.29) is 6.54 Å². The van der Waals surface area contributed by atoms with E-state index < -0.39 is 24.7 Å². The van der Waals surface area contributed by atoms with Crippen molar-refractivity contribution >= 4 is 5.91 Å². The van der Waals surface area contributed by atoms with Crippen molar-refractivity contribution in [3.8, 4) is 0 Å². The summed E-state index contributed by atoms with van der Waals surface area (Å²) in [4.78, 5) is 11.2. The van der Waals surface area contributed by atoms with Gasteiger partial charge in [0.25, 0.3) is 0 Å². The van der Waals surface area contributed by atoms with Crippen LogP contribution in [0.2, 0.25) is 0 Å². The van der Waals surface area contributed by atoms with Crippen LogP contribution in [0.4, 0.5) is 13.2 Å². The number of amides is 1. The summed E-state index contributed by atoms with van der Waals surface area (Å²) in [5.74, 6) is -1.94. The number of aliphatic hydroxyl groups is 1. The van der Waals surface area contributed by atoms with E-state index in [1.54, 1.807) is 0 Å². The molecule has 0 saturated heterocycles. The fraction of sp³-hybridized carbons (Fsp3) is 0.625. The van der Waals surface area contributed by atoms with E-state index in [9.17, 15) is 18.0 Å². The number of carbonyl (C=O) groups excluding carboxylic acids is 1. The molecule has 0 unspecified atom stereocenters. The highest BCUT2D eigenvalue weighted by Crippen LogP contribution is 2.18. The number of alkyl halides is 3. The Morgan fingerprint density at radius 3 is 2.43 bits per heavy atom. The van der Waals surface area contributed by atoms with E-state index in [0.29, 0.717) is 4.90 Å². The predicted molar refractivity (Wildman–Crippen MR) is 44.5 cm³/mol. The number of aliphatic hydroxyl groups excluding tert-OH is 1. The molecule has 1 N–H and O–H groups in total. The molecule has 0 aromatic heterocycles. The van der Waals surface area contributed by atoms with E-state index in [1.807, 2.05) is 0 Å². The van der Waals surface area contributed by atoms with Crippen LogP contribution in [0.25, 0.3) is 0 Å². The third-order valence-corrected chi connectivity index (χ3v) is 1.59. The highest BCUT2D eigenvalue weighted by molar-refractivity contribution is 5.81. The van der Waals surface area contributed by atoms with Gasteiger partial charge in [-0.05, 0) is 6.92 Å². The Bertz CT molecular complexity index is 215. The molecule has 0 fully saturated rings. The van der Waals surface area contributed by atoms with Crippen molar-refractivity contribution in [2.45, 2.75) is 19.2 Å². The maximum absolute atomic E-state index is 11.9. The topological polar surface area (TPSA) is 40.5 Å². The zero-order valence-electron chi connectivity index (χ0n) is 7.71. The van der Waals surface area contributed by atoms with Gasteiger partial charge in [-0.2, -0.15) is 13.2 Å². The quantitative estimate of drug-likeness (QED) is 0.703. The minimum absolute atomic E-state index is 0.108. The van der Waals surface area contributed by atoms with Crippen LogP contribution in [0.3, 0.4) is 0 Å². The molecular weight excluding hydrogens is 199 g/mol. The number of halogens is 3. The van der Waals surface area contributed by atoms with Crippen LogP contribution >= 0.6 is 0 Å². The van der Waals surface area contributed by atoms with Crippen LogP contribution in [0.15, 0.2) is 12.7 Å². The van der Waals surface area contributed by atoms with Crippen molar-refractivity contribution in [1.29, 1.82) is 0 Å². The Labute approximate surface area is 79.8 Å². The molecule has 0 radical (unpaired) electrons. The number of nitrogens with zero attached hydrogens (tertiary/aromatic N) is 1. The second-order valence-electron chi connectivity index (χ2n) is 2.64. The van der Waals surface area contributed by atoms with Gasteiger partial charge in [0.1, 0.15) is 0 Å². The maximum Gasteiger partial charge on any atom is 0.471 e. The summed E-state index contributed by atoms with van der Waals surface area (Å²) in [6, 6.07) is 0. The number of likely N-dealkylation sites (N-methyl/N-ethyl adjacent to an activating group) is 1. The molecule has 0 spiro atoms. The van der Waals surface area contributed by atoms with Crippen LogP contribution < -0.4 is 0 Å². The molecule has 0 aliphatic rings. The fourth-order valence-electron chi connectivity index (χ4n) is 0.835. The smallest absolute Gasteiger partial charge is 0.387 e. The number of carbonyl (C=O) groups is 1. The molecular formula is C8H12F3NO2. The lowest BCUT2D eigenvalue weighted by Gasteiger charge is -2.23. The highest BCUT2D eigenvalue weighted by Gasteiger charge is 2.42. The molecule has 6 heteroatoms. The molecule has 0 heterocycles. The van der Waals surface area contributed by atoms with Gasteiger partial charge in [-0.25, -0.2) is 0 Å². The SMILES string of the molecule is C=C[C@@H](O)CN(CC)C(=O)C(F)(F)F. The molecule has 1 amide bonds. The van der Waals surface area contributed by atoms with Crippen LogP contribution in [0.5, 0.6) is 0 Å². The highest BCUT2D eigenvalue weighted by atomic mass is 19.4. The average molecular weight is 211 g/mol. The summed E-state index contributed by atoms with van der Waals surface area (Å²) in [7, 11) is 0. The van der Waals surface area contributed by atoms with E-state index >= 15 is 0 Å². The normalized spacial score (nSPS) is 13.5. The van der Waals surface area contributed by atoms with Gasteiger partial charge in [0.15, 0.2) is 0 Å². The van der Waals surface area contributed by atoms with Gasteiger partial charge in [-0.1, -0.05) is 6.08 Å². The molecule has 0 saturated carbocycles. The lowest BCUT2D eigenvalue weighted by Crippen LogP contribution is -2.44. The molecule has 0 aliphatic carbocycles. The Morgan fingerprint density at radius 2 is 2.14 bits per heavy atom. The number of hydrogen-bond acceptors (Lipinski definition) is 2. The molecule has 0 rings (SSSR count). The Hall–Kier alpha value is -1.04. The van der Waals surface area contributed by atoms with Gasteiger partial charge in [-0.3, -0.25) is 4.79 Å². The minimum atomic E-state index is -4.89. The van der Waals surface area contributed by atoms with Crippen LogP contribution in [-0.2, 0) is 4.79 Å². The van der Waals surface area contributed by atoms with Crippen LogP contribution in [0.1, 0.15) is 6.92 Å². The Morgan fingerprint density at radius 1 is 1.64 bits per heavy atom. The van der Waals surface area contributed by atoms with Crippen molar-refractivity contribution in [1.82, 2.24) is 4.90 Å².